The Morgan fingerprint density at radius 2 is 1.79 bits per heavy atom. The molecule has 0 saturated heterocycles. The second-order valence-electron chi connectivity index (χ2n) is 4.41. The molecule has 1 N–H and O–H groups in total. The quantitative estimate of drug-likeness (QED) is 0.561. The van der Waals surface area contributed by atoms with Crippen molar-refractivity contribution in [2.24, 2.45) is 0 Å². The van der Waals surface area contributed by atoms with Crippen LogP contribution in [0.25, 0.3) is 33.1 Å². The summed E-state index contributed by atoms with van der Waals surface area (Å²) in [5.74, 6) is 0. The average molecular weight is 246 g/mol. The largest absolute Gasteiger partial charge is 0.338 e. The third kappa shape index (κ3) is 1.57. The molecule has 4 heteroatoms. The van der Waals surface area contributed by atoms with Gasteiger partial charge in [0.1, 0.15) is 5.65 Å². The third-order valence-electron chi connectivity index (χ3n) is 3.25. The molecular weight excluding hydrogens is 236 g/mol. The molecule has 4 nitrogen and oxygen atoms in total. The van der Waals surface area contributed by atoms with Crippen molar-refractivity contribution in [1.29, 1.82) is 0 Å². The number of rotatable bonds is 1. The zero-order valence-corrected chi connectivity index (χ0v) is 10.0. The molecule has 4 aromatic rings. The van der Waals surface area contributed by atoms with E-state index >= 15 is 0 Å². The van der Waals surface area contributed by atoms with Gasteiger partial charge < -0.3 is 4.98 Å². The first-order chi connectivity index (χ1) is 9.42. The van der Waals surface area contributed by atoms with E-state index < -0.39 is 0 Å². The molecule has 0 radical (unpaired) electrons. The molecule has 4 aromatic heterocycles. The summed E-state index contributed by atoms with van der Waals surface area (Å²) in [7, 11) is 0. The number of hydrogen-bond donors (Lipinski definition) is 1. The van der Waals surface area contributed by atoms with Crippen LogP contribution in [0, 0.1) is 0 Å². The van der Waals surface area contributed by atoms with Crippen LogP contribution in [0.5, 0.6) is 0 Å². The van der Waals surface area contributed by atoms with Gasteiger partial charge in [-0.3, -0.25) is 9.97 Å². The summed E-state index contributed by atoms with van der Waals surface area (Å²) in [5, 5.41) is 2.25. The number of pyridine rings is 3. The zero-order chi connectivity index (χ0) is 12.7. The number of H-pyrrole nitrogens is 1. The highest BCUT2D eigenvalue weighted by atomic mass is 14.9. The Kier molecular flexibility index (Phi) is 2.08. The molecule has 0 fully saturated rings. The minimum absolute atomic E-state index is 0.885. The van der Waals surface area contributed by atoms with Crippen molar-refractivity contribution in [2.75, 3.05) is 0 Å². The molecular formula is C15H10N4. The first-order valence-electron chi connectivity index (χ1n) is 6.04. The number of fused-ring (bicyclic) bond motifs is 3. The first kappa shape index (κ1) is 10.2. The van der Waals surface area contributed by atoms with E-state index in [1.54, 1.807) is 12.4 Å². The molecule has 4 heterocycles. The minimum Gasteiger partial charge on any atom is -0.338 e. The fourth-order valence-electron chi connectivity index (χ4n) is 2.32. The van der Waals surface area contributed by atoms with Crippen LogP contribution in [-0.2, 0) is 0 Å². The van der Waals surface area contributed by atoms with E-state index in [0.717, 1.165) is 33.1 Å². The van der Waals surface area contributed by atoms with Gasteiger partial charge in [-0.2, -0.15) is 0 Å². The highest BCUT2D eigenvalue weighted by Gasteiger charge is 2.07. The molecule has 0 bridgehead atoms. The standard InChI is InChI=1S/C15H10N4/c1-2-10(7-16-4-1)11-6-13-12-3-5-17-9-14(12)19-15(13)18-8-11/h1-9H,(H,18,19). The maximum absolute atomic E-state index is 4.48. The van der Waals surface area contributed by atoms with Gasteiger partial charge in [-0.05, 0) is 18.2 Å². The molecule has 4 rings (SSSR count). The number of hydrogen-bond acceptors (Lipinski definition) is 3. The molecule has 90 valence electrons. The molecule has 0 aliphatic carbocycles. The monoisotopic (exact) mass is 246 g/mol. The van der Waals surface area contributed by atoms with Gasteiger partial charge in [0.2, 0.25) is 0 Å². The van der Waals surface area contributed by atoms with Gasteiger partial charge in [-0.1, -0.05) is 6.07 Å². The van der Waals surface area contributed by atoms with Crippen molar-refractivity contribution in [3.05, 3.63) is 55.2 Å². The number of nitrogens with zero attached hydrogens (tertiary/aromatic N) is 3. The van der Waals surface area contributed by atoms with Crippen LogP contribution in [0.3, 0.4) is 0 Å². The van der Waals surface area contributed by atoms with Crippen molar-refractivity contribution in [2.45, 2.75) is 0 Å². The Hall–Kier alpha value is -2.75. The van der Waals surface area contributed by atoms with E-state index in [2.05, 4.69) is 26.0 Å². The molecule has 0 atom stereocenters. The summed E-state index contributed by atoms with van der Waals surface area (Å²) in [6, 6.07) is 8.10. The first-order valence-corrected chi connectivity index (χ1v) is 6.04. The van der Waals surface area contributed by atoms with Crippen LogP contribution in [-0.4, -0.2) is 19.9 Å². The molecule has 0 unspecified atom stereocenters. The third-order valence-corrected chi connectivity index (χ3v) is 3.25. The lowest BCUT2D eigenvalue weighted by molar-refractivity contribution is 1.30. The second-order valence-corrected chi connectivity index (χ2v) is 4.41. The average Bonchev–Trinajstić information content (AvgIpc) is 2.86. The topological polar surface area (TPSA) is 54.5 Å². The van der Waals surface area contributed by atoms with Crippen LogP contribution < -0.4 is 0 Å². The number of aromatic amines is 1. The molecule has 0 amide bonds. The molecule has 0 saturated carbocycles. The van der Waals surface area contributed by atoms with E-state index in [4.69, 9.17) is 0 Å². The van der Waals surface area contributed by atoms with Crippen molar-refractivity contribution >= 4 is 21.9 Å². The molecule has 0 aliphatic rings. The molecule has 19 heavy (non-hydrogen) atoms. The summed E-state index contributed by atoms with van der Waals surface area (Å²) in [6.07, 6.45) is 9.10. The van der Waals surface area contributed by atoms with Gasteiger partial charge in [0, 0.05) is 46.7 Å². The lowest BCUT2D eigenvalue weighted by Gasteiger charge is -2.00. The van der Waals surface area contributed by atoms with Gasteiger partial charge in [-0.15, -0.1) is 0 Å². The van der Waals surface area contributed by atoms with Crippen molar-refractivity contribution < 1.29 is 0 Å². The smallest absolute Gasteiger partial charge is 0.138 e. The Labute approximate surface area is 109 Å². The lowest BCUT2D eigenvalue weighted by Crippen LogP contribution is -1.82. The Bertz CT molecular complexity index is 865. The van der Waals surface area contributed by atoms with Crippen molar-refractivity contribution in [3.8, 4) is 11.1 Å². The highest BCUT2D eigenvalue weighted by Crippen LogP contribution is 2.27. The Morgan fingerprint density at radius 3 is 2.68 bits per heavy atom. The Morgan fingerprint density at radius 1 is 0.842 bits per heavy atom. The molecule has 0 aromatic carbocycles. The minimum atomic E-state index is 0.885. The van der Waals surface area contributed by atoms with Crippen LogP contribution in [0.1, 0.15) is 0 Å². The highest BCUT2D eigenvalue weighted by molar-refractivity contribution is 6.06. The summed E-state index contributed by atoms with van der Waals surface area (Å²) in [6.45, 7) is 0. The normalized spacial score (nSPS) is 11.2. The molecule has 0 aliphatic heterocycles. The summed E-state index contributed by atoms with van der Waals surface area (Å²) < 4.78 is 0. The van der Waals surface area contributed by atoms with Crippen LogP contribution in [0.2, 0.25) is 0 Å². The lowest BCUT2D eigenvalue weighted by atomic mass is 10.1. The van der Waals surface area contributed by atoms with Gasteiger partial charge in [0.25, 0.3) is 0 Å². The Balaban J connectivity index is 2.03. The van der Waals surface area contributed by atoms with Gasteiger partial charge in [0.15, 0.2) is 0 Å². The van der Waals surface area contributed by atoms with E-state index in [-0.39, 0.29) is 0 Å². The maximum atomic E-state index is 4.48. The fraction of sp³-hybridized carbons (Fsp3) is 0. The maximum Gasteiger partial charge on any atom is 0.138 e. The van der Waals surface area contributed by atoms with Crippen LogP contribution >= 0.6 is 0 Å². The van der Waals surface area contributed by atoms with Gasteiger partial charge in [-0.25, -0.2) is 4.98 Å². The van der Waals surface area contributed by atoms with E-state index in [0.29, 0.717) is 0 Å². The number of aromatic nitrogens is 4. The van der Waals surface area contributed by atoms with Crippen molar-refractivity contribution in [3.63, 3.8) is 0 Å². The second kappa shape index (κ2) is 3.88. The van der Waals surface area contributed by atoms with Crippen LogP contribution in [0.15, 0.2) is 55.2 Å². The summed E-state index contributed by atoms with van der Waals surface area (Å²) in [5.41, 5.74) is 4.03. The SMILES string of the molecule is c1cncc(-c2cnc3[nH]c4cnccc4c3c2)c1. The van der Waals surface area contributed by atoms with E-state index in [9.17, 15) is 0 Å². The summed E-state index contributed by atoms with van der Waals surface area (Å²) in [4.78, 5) is 16.0. The van der Waals surface area contributed by atoms with Crippen LogP contribution in [0.4, 0.5) is 0 Å². The fourth-order valence-corrected chi connectivity index (χ4v) is 2.32. The van der Waals surface area contributed by atoms with E-state index in [1.165, 1.54) is 0 Å². The van der Waals surface area contributed by atoms with Crippen molar-refractivity contribution in [1.82, 2.24) is 19.9 Å². The van der Waals surface area contributed by atoms with Gasteiger partial charge in [0.05, 0.1) is 11.7 Å². The predicted octanol–water partition coefficient (Wildman–Crippen LogP) is 3.17. The zero-order valence-electron chi connectivity index (χ0n) is 10.0. The predicted molar refractivity (Wildman–Crippen MR) is 74.6 cm³/mol. The van der Waals surface area contributed by atoms with E-state index in [1.807, 2.05) is 36.8 Å². The van der Waals surface area contributed by atoms with Gasteiger partial charge >= 0.3 is 0 Å². The molecule has 0 spiro atoms. The number of nitrogens with one attached hydrogen (secondary N) is 1. The summed E-state index contributed by atoms with van der Waals surface area (Å²) >= 11 is 0.